The quantitative estimate of drug-likeness (QED) is 0.0163. The van der Waals surface area contributed by atoms with Crippen LogP contribution >= 0.6 is 11.6 Å². The molecule has 1 aromatic carbocycles. The van der Waals surface area contributed by atoms with Crippen LogP contribution in [0.1, 0.15) is 121 Å². The first-order valence-corrected chi connectivity index (χ1v) is 36.6. The van der Waals surface area contributed by atoms with Crippen molar-refractivity contribution in [3.05, 3.63) is 65.4 Å². The molecule has 110 heavy (non-hydrogen) atoms. The highest BCUT2D eigenvalue weighted by Crippen LogP contribution is 2.32. The summed E-state index contributed by atoms with van der Waals surface area (Å²) in [6, 6.07) is -10.5. The summed E-state index contributed by atoms with van der Waals surface area (Å²) in [6.07, 6.45) is -7.90. The molecule has 0 aromatic heterocycles. The summed E-state index contributed by atoms with van der Waals surface area (Å²) in [5.74, 6) is -18.2. The van der Waals surface area contributed by atoms with E-state index in [-0.39, 0.29) is 36.6 Å². The Morgan fingerprint density at radius 2 is 1.49 bits per heavy atom. The maximum absolute atomic E-state index is 15.7. The number of nitrogens with zero attached hydrogens (tertiary/aromatic N) is 2. The molecule has 5 unspecified atom stereocenters. The van der Waals surface area contributed by atoms with E-state index in [2.05, 4.69) is 47.9 Å². The van der Waals surface area contributed by atoms with Crippen molar-refractivity contribution in [2.75, 3.05) is 47.5 Å². The zero-order chi connectivity index (χ0) is 83.3. The number of carbonyl (C=O) groups excluding carboxylic acids is 13. The summed E-state index contributed by atoms with van der Waals surface area (Å²) in [5, 5.41) is 85.1. The van der Waals surface area contributed by atoms with Crippen LogP contribution in [0.3, 0.4) is 0 Å². The molecule has 0 saturated carbocycles. The number of hydrogen-bond acceptors (Lipinski definition) is 25. The van der Waals surface area contributed by atoms with Crippen LogP contribution in [0, 0.1) is 23.7 Å². The highest BCUT2D eigenvalue weighted by Gasteiger charge is 2.49. The molecule has 3 saturated heterocycles. The van der Waals surface area contributed by atoms with E-state index in [9.17, 15) is 73.8 Å². The first-order valence-electron chi connectivity index (χ1n) is 36.1. The Labute approximate surface area is 643 Å². The number of amides is 12. The van der Waals surface area contributed by atoms with E-state index in [0.717, 1.165) is 49.0 Å². The van der Waals surface area contributed by atoms with E-state index in [0.29, 0.717) is 0 Å². The first-order chi connectivity index (χ1) is 51.4. The molecule has 3 heterocycles. The molecule has 0 aliphatic carbocycles. The lowest BCUT2D eigenvalue weighted by Gasteiger charge is -2.41. The summed E-state index contributed by atoms with van der Waals surface area (Å²) < 4.78 is 28.9. The summed E-state index contributed by atoms with van der Waals surface area (Å²) in [7, 11) is 3.45. The van der Waals surface area contributed by atoms with Gasteiger partial charge in [-0.1, -0.05) is 90.0 Å². The van der Waals surface area contributed by atoms with Gasteiger partial charge in [-0.2, -0.15) is 0 Å². The number of hydrogen-bond donors (Lipinski definition) is 17. The van der Waals surface area contributed by atoms with Crippen LogP contribution in [0.4, 0.5) is 0 Å². The molecule has 0 spiro atoms. The molecule has 19 N–H and O–H groups in total. The predicted molar refractivity (Wildman–Crippen MR) is 394 cm³/mol. The van der Waals surface area contributed by atoms with Gasteiger partial charge in [0.25, 0.3) is 11.8 Å². The number of fused-ring (bicyclic) bond motifs is 1. The number of likely N-dealkylation sites (N-methyl/N-ethyl adjacent to an activating group) is 1. The lowest BCUT2D eigenvalue weighted by molar-refractivity contribution is -0.268. The number of cyclic esters (lactones) is 1. The second-order valence-electron chi connectivity index (χ2n) is 28.5. The van der Waals surface area contributed by atoms with Gasteiger partial charge in [0.15, 0.2) is 5.60 Å². The fourth-order valence-electron chi connectivity index (χ4n) is 12.2. The second kappa shape index (κ2) is 42.6. The number of aliphatic hydroxyl groups is 6. The van der Waals surface area contributed by atoms with Gasteiger partial charge in [0.05, 0.1) is 31.9 Å². The fraction of sp³-hybridized carbons (Fsp3) is 0.653. The van der Waals surface area contributed by atoms with E-state index in [1.165, 1.54) is 106 Å². The third kappa shape index (κ3) is 25.4. The lowest BCUT2D eigenvalue weighted by atomic mass is 9.87. The van der Waals surface area contributed by atoms with Gasteiger partial charge in [0.1, 0.15) is 96.4 Å². The Balaban J connectivity index is 1.83. The number of nitrogens with one attached hydrogen (secondary N) is 9. The highest BCUT2D eigenvalue weighted by molar-refractivity contribution is 6.21. The third-order valence-corrected chi connectivity index (χ3v) is 19.7. The molecule has 616 valence electrons. The van der Waals surface area contributed by atoms with E-state index in [1.807, 2.05) is 19.9 Å². The number of esters is 1. The molecule has 4 rings (SSSR count). The second-order valence-corrected chi connectivity index (χ2v) is 29.1. The molecule has 1 aromatic rings. The average Bonchev–Trinajstić information content (AvgIpc) is 0.787. The Morgan fingerprint density at radius 3 is 2.05 bits per heavy atom. The zero-order valence-electron chi connectivity index (χ0n) is 64.8. The summed E-state index contributed by atoms with van der Waals surface area (Å²) in [6.45, 7) is 16.0. The number of halogens is 1. The van der Waals surface area contributed by atoms with E-state index in [4.69, 9.17) is 46.8 Å². The number of primary amides is 1. The topological polar surface area (TPSA) is 556 Å². The number of methoxy groups -OCH3 is 2. The van der Waals surface area contributed by atoms with Crippen LogP contribution in [0.25, 0.3) is 0 Å². The van der Waals surface area contributed by atoms with Crippen molar-refractivity contribution in [3.8, 4) is 5.75 Å². The molecule has 38 heteroatoms. The Hall–Kier alpha value is -8.76. The highest BCUT2D eigenvalue weighted by atomic mass is 35.5. The molecular formula is C72H112ClN13O24. The average molecular weight is 1580 g/mol. The zero-order valence-corrected chi connectivity index (χ0v) is 65.6. The van der Waals surface area contributed by atoms with Gasteiger partial charge < -0.3 is 123 Å². The lowest BCUT2D eigenvalue weighted by Crippen LogP contribution is -2.66. The molecule has 37 nitrogen and oxygen atoms in total. The van der Waals surface area contributed by atoms with Gasteiger partial charge in [0.2, 0.25) is 65.4 Å². The van der Waals surface area contributed by atoms with Crippen molar-refractivity contribution in [1.82, 2.24) is 57.7 Å². The third-order valence-electron chi connectivity index (χ3n) is 19.4. The number of ether oxygens (including phenoxy) is 5. The van der Waals surface area contributed by atoms with Gasteiger partial charge in [-0.25, -0.2) is 4.79 Å². The Morgan fingerprint density at radius 1 is 0.855 bits per heavy atom. The van der Waals surface area contributed by atoms with Crippen LogP contribution in [-0.2, 0) is 81.3 Å². The molecule has 3 aliphatic heterocycles. The minimum atomic E-state index is -2.44. The Bertz CT molecular complexity index is 3510. The number of piperidine rings is 1. The number of nitrogens with two attached hydrogens (primary N) is 2. The molecular weight excluding hydrogens is 1470 g/mol. The molecule has 0 radical (unpaired) electrons. The first kappa shape index (κ1) is 93.6. The SMILES string of the molecule is C/C=C(\NC(=O)CNC(=O)C(C)(O)C(O)/C=C\C(C)=C\C(C)CC)C(=O)N[C@H](C(=O)N[C@H](C(=O)NC1C(=O)N[C@@H](COC)C(=O)NCC(=O)N[C@@H](C)C(=O)N(C)[C@@H]([C@@H](C)O)C(=O)N[C@H]([C@@H](OC)c2ccc(O[C@@H]3O[C@@H](C)[C@H](O)[C@@H](O)[C@H]3O)cc2)C(=O)N2CC[C@@H](Cl)C[C@H]2C(=O)O[C@H]1C(C)C)[C@H](C)[C@H](C)C(N)=O)C(C)N. The number of benzene rings is 1. The number of aliphatic hydroxyl groups excluding tert-OH is 5. The number of alkyl halides is 1. The van der Waals surface area contributed by atoms with Crippen LogP contribution in [0.15, 0.2) is 59.8 Å². The summed E-state index contributed by atoms with van der Waals surface area (Å²) in [4.78, 5) is 188. The number of allylic oxidation sites excluding steroid dienone is 4. The number of carbonyl (C=O) groups is 13. The number of rotatable bonds is 28. The van der Waals surface area contributed by atoms with Crippen LogP contribution in [0.5, 0.6) is 5.75 Å². The standard InChI is InChI=1S/C72H112ClN13O24/c1-17-33(5)27-34(6)19-24-47(88)72(13,105)71(104)77-30-49(90)79-44(18-2)62(96)82-51(37(9)74)64(98)81-50(35(7)36(8)60(75)94)63(97)83-52-58(32(3)4)110-69(103)46-28-42(73)25-26-86(46)68(102)53(59(107-16)41-20-22-43(23-21-41)109-70-57(93)56(92)55(91)40(12)108-70)84-66(100)54(39(11)87)85(14)67(101)38(10)78-48(89)29-76-61(95)45(31-106-15)80-65(52)99/h18-24,27,32-33,35-40,42,45-47,50-59,70,87-88,91-93,105H,17,25-26,28-31,74H2,1-16H3,(H2,75,94)(H,76,95)(H,77,104)(H,78,89)(H,79,90)(H,80,99)(H,81,98)(H,82,96)(H,83,97)(H,84,100)/b24-19-,34-27+,44-18-/t33?,35-,36+,37?,38+,39-,40+,42-,45+,46+,47?,50+,51+,52?,53-,54+,55+,56-,57-,58+,59+,70+,72?/m1/s1. The van der Waals surface area contributed by atoms with Gasteiger partial charge in [-0.05, 0) is 96.8 Å². The van der Waals surface area contributed by atoms with Gasteiger partial charge >= 0.3 is 5.97 Å². The van der Waals surface area contributed by atoms with Crippen molar-refractivity contribution in [1.29, 1.82) is 0 Å². The van der Waals surface area contributed by atoms with Crippen molar-refractivity contribution >= 4 is 88.5 Å². The molecule has 3 fully saturated rings. The van der Waals surface area contributed by atoms with E-state index < -0.39 is 240 Å². The smallest absolute Gasteiger partial charge is 0.329 e. The van der Waals surface area contributed by atoms with Gasteiger partial charge in [-0.15, -0.1) is 11.6 Å². The van der Waals surface area contributed by atoms with Crippen LogP contribution < -0.4 is 64.1 Å². The largest absolute Gasteiger partial charge is 0.462 e. The van der Waals surface area contributed by atoms with Crippen LogP contribution in [-0.4, -0.2) is 279 Å². The Kier molecular flexibility index (Phi) is 36.3. The normalized spacial score (nSPS) is 27.8. The van der Waals surface area contributed by atoms with Gasteiger partial charge in [0, 0.05) is 45.1 Å². The maximum atomic E-state index is 15.7. The predicted octanol–water partition coefficient (Wildman–Crippen LogP) is -4.44. The fourth-order valence-corrected chi connectivity index (χ4v) is 12.4. The van der Waals surface area contributed by atoms with Crippen molar-refractivity contribution < 1.29 is 117 Å². The molecule has 3 aliphatic rings. The van der Waals surface area contributed by atoms with Crippen molar-refractivity contribution in [3.63, 3.8) is 0 Å². The summed E-state index contributed by atoms with van der Waals surface area (Å²) in [5.41, 5.74) is 10.0. The molecule has 23 atom stereocenters. The summed E-state index contributed by atoms with van der Waals surface area (Å²) >= 11 is 6.82. The van der Waals surface area contributed by atoms with Crippen molar-refractivity contribution in [2.24, 2.45) is 35.1 Å². The van der Waals surface area contributed by atoms with E-state index in [1.54, 1.807) is 6.92 Å². The van der Waals surface area contributed by atoms with E-state index >= 15 is 19.2 Å². The molecule has 0 bridgehead atoms. The molecule has 12 amide bonds. The monoisotopic (exact) mass is 1580 g/mol. The van der Waals surface area contributed by atoms with Gasteiger partial charge in [-0.3, -0.25) is 57.5 Å². The minimum Gasteiger partial charge on any atom is -0.462 e. The van der Waals surface area contributed by atoms with Crippen molar-refractivity contribution in [2.45, 2.75) is 230 Å². The minimum absolute atomic E-state index is 0.000863. The maximum Gasteiger partial charge on any atom is 0.329 e. The van der Waals surface area contributed by atoms with Crippen LogP contribution in [0.2, 0.25) is 0 Å².